The summed E-state index contributed by atoms with van der Waals surface area (Å²) in [5, 5.41) is 3.56. The Morgan fingerprint density at radius 1 is 0.875 bits per heavy atom. The molecule has 6 nitrogen and oxygen atoms in total. The maximum Gasteiger partial charge on any atom is 0.273 e. The molecule has 0 spiro atoms. The second kappa shape index (κ2) is 10.7. The fourth-order valence-electron chi connectivity index (χ4n) is 3.31. The van der Waals surface area contributed by atoms with Crippen LogP contribution in [0.15, 0.2) is 89.8 Å². The molecule has 0 atom stereocenters. The van der Waals surface area contributed by atoms with E-state index in [1.807, 2.05) is 54.6 Å². The van der Waals surface area contributed by atoms with E-state index in [1.165, 1.54) is 11.8 Å². The minimum Gasteiger partial charge on any atom is -0.447 e. The molecule has 0 aliphatic rings. The van der Waals surface area contributed by atoms with E-state index in [0.717, 1.165) is 17.7 Å². The molecule has 0 radical (unpaired) electrons. The number of carbonyl (C=O) groups is 1. The molecule has 2 aromatic carbocycles. The zero-order chi connectivity index (χ0) is 22.2. The van der Waals surface area contributed by atoms with E-state index in [4.69, 9.17) is 16.0 Å². The molecule has 7 heteroatoms. The minimum absolute atomic E-state index is 0.264. The summed E-state index contributed by atoms with van der Waals surface area (Å²) in [7, 11) is 0. The first-order chi connectivity index (χ1) is 15.7. The number of pyridine rings is 1. The highest BCUT2D eigenvalue weighted by atomic mass is 35.5. The van der Waals surface area contributed by atoms with Gasteiger partial charge in [0.05, 0.1) is 6.54 Å². The molecule has 32 heavy (non-hydrogen) atoms. The van der Waals surface area contributed by atoms with E-state index in [1.54, 1.807) is 12.4 Å². The molecule has 0 saturated heterocycles. The van der Waals surface area contributed by atoms with E-state index in [0.29, 0.717) is 30.5 Å². The van der Waals surface area contributed by atoms with Crippen molar-refractivity contribution in [3.05, 3.63) is 119 Å². The van der Waals surface area contributed by atoms with Crippen molar-refractivity contribution in [3.63, 3.8) is 0 Å². The first-order valence-corrected chi connectivity index (χ1v) is 10.7. The second-order valence-corrected chi connectivity index (χ2v) is 7.86. The van der Waals surface area contributed by atoms with Gasteiger partial charge in [-0.3, -0.25) is 14.7 Å². The van der Waals surface area contributed by atoms with Gasteiger partial charge in [0.2, 0.25) is 5.89 Å². The number of rotatable bonds is 9. The highest BCUT2D eigenvalue weighted by Gasteiger charge is 2.16. The highest BCUT2D eigenvalue weighted by Crippen LogP contribution is 2.16. The van der Waals surface area contributed by atoms with Crippen LogP contribution in [0.25, 0.3) is 0 Å². The van der Waals surface area contributed by atoms with Crippen molar-refractivity contribution in [2.24, 2.45) is 0 Å². The van der Waals surface area contributed by atoms with Crippen molar-refractivity contribution in [2.45, 2.75) is 26.2 Å². The van der Waals surface area contributed by atoms with Crippen molar-refractivity contribution in [1.82, 2.24) is 20.2 Å². The third kappa shape index (κ3) is 6.26. The smallest absolute Gasteiger partial charge is 0.273 e. The lowest BCUT2D eigenvalue weighted by Crippen LogP contribution is -2.24. The summed E-state index contributed by atoms with van der Waals surface area (Å²) >= 11 is 6.03. The number of oxazole rings is 1. The number of carbonyl (C=O) groups excluding carboxylic acids is 1. The molecule has 162 valence electrons. The van der Waals surface area contributed by atoms with Gasteiger partial charge in [-0.1, -0.05) is 54.1 Å². The predicted octanol–water partition coefficient (Wildman–Crippen LogP) is 4.86. The monoisotopic (exact) mass is 446 g/mol. The molecule has 0 fully saturated rings. The molecule has 0 aliphatic carbocycles. The lowest BCUT2D eigenvalue weighted by molar-refractivity contribution is 0.0945. The van der Waals surface area contributed by atoms with Gasteiger partial charge in [-0.25, -0.2) is 4.98 Å². The van der Waals surface area contributed by atoms with Gasteiger partial charge >= 0.3 is 0 Å². The number of halogens is 1. The Morgan fingerprint density at radius 3 is 2.28 bits per heavy atom. The summed E-state index contributed by atoms with van der Waals surface area (Å²) < 4.78 is 5.62. The number of hydrogen-bond donors (Lipinski definition) is 1. The van der Waals surface area contributed by atoms with Crippen LogP contribution in [-0.4, -0.2) is 20.8 Å². The quantitative estimate of drug-likeness (QED) is 0.397. The number of benzene rings is 2. The molecule has 1 N–H and O–H groups in total. The van der Waals surface area contributed by atoms with E-state index in [2.05, 4.69) is 32.3 Å². The van der Waals surface area contributed by atoms with Crippen molar-refractivity contribution in [3.8, 4) is 0 Å². The third-order valence-corrected chi connectivity index (χ3v) is 5.17. The van der Waals surface area contributed by atoms with Crippen LogP contribution >= 0.6 is 11.6 Å². The average molecular weight is 447 g/mol. The second-order valence-electron chi connectivity index (χ2n) is 7.42. The van der Waals surface area contributed by atoms with Crippen molar-refractivity contribution >= 4 is 17.5 Å². The molecular weight excluding hydrogens is 424 g/mol. The van der Waals surface area contributed by atoms with Crippen LogP contribution in [0.2, 0.25) is 5.02 Å². The van der Waals surface area contributed by atoms with Crippen molar-refractivity contribution in [2.75, 3.05) is 0 Å². The summed E-state index contributed by atoms with van der Waals surface area (Å²) in [5.41, 5.74) is 3.55. The van der Waals surface area contributed by atoms with Gasteiger partial charge in [0, 0.05) is 37.1 Å². The first kappa shape index (κ1) is 21.7. The Morgan fingerprint density at radius 2 is 1.56 bits per heavy atom. The molecule has 1 amide bonds. The predicted molar refractivity (Wildman–Crippen MR) is 123 cm³/mol. The van der Waals surface area contributed by atoms with Crippen LogP contribution in [-0.2, 0) is 26.2 Å². The third-order valence-electron chi connectivity index (χ3n) is 4.91. The molecule has 0 unspecified atom stereocenters. The fourth-order valence-corrected chi connectivity index (χ4v) is 3.44. The van der Waals surface area contributed by atoms with Crippen molar-refractivity contribution < 1.29 is 9.21 Å². The van der Waals surface area contributed by atoms with Gasteiger partial charge in [0.1, 0.15) is 6.26 Å². The number of nitrogens with one attached hydrogen (secondary N) is 1. The zero-order valence-corrected chi connectivity index (χ0v) is 18.2. The van der Waals surface area contributed by atoms with Gasteiger partial charge in [-0.05, 0) is 41.0 Å². The normalized spacial score (nSPS) is 10.9. The molecule has 0 bridgehead atoms. The molecule has 2 heterocycles. The van der Waals surface area contributed by atoms with Crippen LogP contribution < -0.4 is 5.32 Å². The van der Waals surface area contributed by atoms with Gasteiger partial charge in [0.15, 0.2) is 5.69 Å². The molecular formula is C25H23ClN4O2. The van der Waals surface area contributed by atoms with E-state index in [9.17, 15) is 4.79 Å². The van der Waals surface area contributed by atoms with Crippen LogP contribution in [0.1, 0.15) is 33.1 Å². The standard InChI is InChI=1S/C25H23ClN4O2/c26-22-8-6-21(7-9-22)16-30(15-20-4-2-1-3-5-20)17-24-29-23(18-32-24)25(31)28-14-19-10-12-27-13-11-19/h1-13,18H,14-17H2,(H,28,31). The van der Waals surface area contributed by atoms with Gasteiger partial charge < -0.3 is 9.73 Å². The molecule has 0 saturated carbocycles. The van der Waals surface area contributed by atoms with E-state index < -0.39 is 0 Å². The fraction of sp³-hybridized carbons (Fsp3) is 0.160. The Bertz CT molecular complexity index is 1130. The number of nitrogens with zero attached hydrogens (tertiary/aromatic N) is 3. The molecule has 4 rings (SSSR count). The van der Waals surface area contributed by atoms with Gasteiger partial charge in [-0.15, -0.1) is 0 Å². The molecule has 0 aliphatic heterocycles. The van der Waals surface area contributed by atoms with Gasteiger partial charge in [-0.2, -0.15) is 0 Å². The summed E-state index contributed by atoms with van der Waals surface area (Å²) in [5.74, 6) is 0.216. The maximum atomic E-state index is 12.5. The van der Waals surface area contributed by atoms with Crippen LogP contribution in [0.4, 0.5) is 0 Å². The topological polar surface area (TPSA) is 71.3 Å². The summed E-state index contributed by atoms with van der Waals surface area (Å²) in [6.45, 7) is 2.28. The van der Waals surface area contributed by atoms with Crippen LogP contribution in [0.3, 0.4) is 0 Å². The van der Waals surface area contributed by atoms with Crippen molar-refractivity contribution in [1.29, 1.82) is 0 Å². The number of aromatic nitrogens is 2. The van der Waals surface area contributed by atoms with E-state index in [-0.39, 0.29) is 11.6 Å². The Kier molecular flexibility index (Phi) is 7.27. The zero-order valence-electron chi connectivity index (χ0n) is 17.4. The lowest BCUT2D eigenvalue weighted by Gasteiger charge is -2.21. The largest absolute Gasteiger partial charge is 0.447 e. The Hall–Kier alpha value is -3.48. The van der Waals surface area contributed by atoms with Gasteiger partial charge in [0.25, 0.3) is 5.91 Å². The van der Waals surface area contributed by atoms with Crippen LogP contribution in [0.5, 0.6) is 0 Å². The van der Waals surface area contributed by atoms with Crippen LogP contribution in [0, 0.1) is 0 Å². The van der Waals surface area contributed by atoms with E-state index >= 15 is 0 Å². The first-order valence-electron chi connectivity index (χ1n) is 10.3. The summed E-state index contributed by atoms with van der Waals surface area (Å²) in [6.07, 6.45) is 4.79. The Balaban J connectivity index is 1.42. The lowest BCUT2D eigenvalue weighted by atomic mass is 10.1. The number of amides is 1. The molecule has 2 aromatic heterocycles. The Labute approximate surface area is 191 Å². The SMILES string of the molecule is O=C(NCc1ccncc1)c1coc(CN(Cc2ccccc2)Cc2ccc(Cl)cc2)n1. The maximum absolute atomic E-state index is 12.5. The summed E-state index contributed by atoms with van der Waals surface area (Å²) in [6, 6.07) is 21.7. The number of hydrogen-bond acceptors (Lipinski definition) is 5. The molecule has 4 aromatic rings. The highest BCUT2D eigenvalue weighted by molar-refractivity contribution is 6.30. The summed E-state index contributed by atoms with van der Waals surface area (Å²) in [4.78, 5) is 23.0. The minimum atomic E-state index is -0.274. The average Bonchev–Trinajstić information content (AvgIpc) is 3.29.